The number of alkyl halides is 2. The van der Waals surface area contributed by atoms with Crippen molar-refractivity contribution < 1.29 is 18.3 Å². The summed E-state index contributed by atoms with van der Waals surface area (Å²) in [5.74, 6) is 0.303. The minimum absolute atomic E-state index is 0.0139. The second-order valence-electron chi connectivity index (χ2n) is 3.55. The number of nitrogens with zero attached hydrogens (tertiary/aromatic N) is 1. The van der Waals surface area contributed by atoms with Crippen LogP contribution in [-0.2, 0) is 0 Å². The monoisotopic (exact) mass is 268 g/mol. The summed E-state index contributed by atoms with van der Waals surface area (Å²) in [7, 11) is 1.40. The minimum atomic E-state index is -2.90. The van der Waals surface area contributed by atoms with Gasteiger partial charge in [-0.1, -0.05) is 0 Å². The first kappa shape index (κ1) is 13.0. The number of aromatic nitrogens is 2. The van der Waals surface area contributed by atoms with Crippen molar-refractivity contribution in [3.8, 4) is 22.8 Å². The molecule has 0 saturated heterocycles. The Balaban J connectivity index is 2.40. The summed E-state index contributed by atoms with van der Waals surface area (Å²) in [6, 6.07) is 7.04. The van der Waals surface area contributed by atoms with Crippen molar-refractivity contribution in [3.63, 3.8) is 0 Å². The molecule has 1 N–H and O–H groups in total. The molecule has 0 aliphatic heterocycles. The summed E-state index contributed by atoms with van der Waals surface area (Å²) in [5, 5.41) is 6.13. The Morgan fingerprint density at radius 3 is 2.63 bits per heavy atom. The van der Waals surface area contributed by atoms with Gasteiger partial charge in [0.05, 0.1) is 12.8 Å². The van der Waals surface area contributed by atoms with Crippen LogP contribution in [0.2, 0.25) is 0 Å². The Hall–Kier alpha value is -2.44. The number of methoxy groups -OCH3 is 1. The van der Waals surface area contributed by atoms with Crippen LogP contribution >= 0.6 is 0 Å². The Morgan fingerprint density at radius 2 is 2.05 bits per heavy atom. The maximum atomic E-state index is 12.1. The van der Waals surface area contributed by atoms with Crippen LogP contribution in [0.5, 0.6) is 11.5 Å². The molecule has 0 amide bonds. The first-order chi connectivity index (χ1) is 9.10. The van der Waals surface area contributed by atoms with Crippen molar-refractivity contribution in [3.05, 3.63) is 40.7 Å². The number of halogens is 2. The van der Waals surface area contributed by atoms with E-state index in [-0.39, 0.29) is 11.3 Å². The lowest BCUT2D eigenvalue weighted by Gasteiger charge is -2.10. The maximum absolute atomic E-state index is 12.1. The van der Waals surface area contributed by atoms with E-state index in [1.54, 1.807) is 0 Å². The summed E-state index contributed by atoms with van der Waals surface area (Å²) in [5.41, 5.74) is 0.681. The van der Waals surface area contributed by atoms with E-state index in [1.165, 1.54) is 37.4 Å². The highest BCUT2D eigenvalue weighted by molar-refractivity contribution is 5.68. The lowest BCUT2D eigenvalue weighted by molar-refractivity contribution is -0.0499. The van der Waals surface area contributed by atoms with Crippen molar-refractivity contribution in [2.24, 2.45) is 0 Å². The highest BCUT2D eigenvalue weighted by Crippen LogP contribution is 2.32. The van der Waals surface area contributed by atoms with Gasteiger partial charge in [-0.05, 0) is 18.2 Å². The highest BCUT2D eigenvalue weighted by Gasteiger charge is 2.11. The summed E-state index contributed by atoms with van der Waals surface area (Å²) in [4.78, 5) is 10.9. The minimum Gasteiger partial charge on any atom is -0.496 e. The van der Waals surface area contributed by atoms with E-state index in [9.17, 15) is 13.6 Å². The molecule has 0 radical (unpaired) electrons. The molecule has 5 nitrogen and oxygen atoms in total. The largest absolute Gasteiger partial charge is 0.496 e. The molecule has 1 heterocycles. The van der Waals surface area contributed by atoms with Crippen LogP contribution in [0.15, 0.2) is 35.1 Å². The molecule has 19 heavy (non-hydrogen) atoms. The van der Waals surface area contributed by atoms with Crippen LogP contribution in [0.25, 0.3) is 11.3 Å². The van der Waals surface area contributed by atoms with E-state index in [1.807, 2.05) is 0 Å². The number of ether oxygens (including phenoxy) is 2. The molecule has 0 aliphatic carbocycles. The van der Waals surface area contributed by atoms with Crippen LogP contribution in [-0.4, -0.2) is 23.9 Å². The van der Waals surface area contributed by atoms with Crippen molar-refractivity contribution >= 4 is 0 Å². The molecule has 2 aromatic rings. The zero-order valence-corrected chi connectivity index (χ0v) is 9.89. The second-order valence-corrected chi connectivity index (χ2v) is 3.55. The Labute approximate surface area is 106 Å². The van der Waals surface area contributed by atoms with Crippen LogP contribution in [0.4, 0.5) is 8.78 Å². The molecular weight excluding hydrogens is 258 g/mol. The number of H-pyrrole nitrogens is 1. The van der Waals surface area contributed by atoms with Gasteiger partial charge in [-0.25, -0.2) is 5.10 Å². The fourth-order valence-electron chi connectivity index (χ4n) is 1.55. The first-order valence-corrected chi connectivity index (χ1v) is 5.29. The van der Waals surface area contributed by atoms with Crippen molar-refractivity contribution in [2.45, 2.75) is 6.61 Å². The third kappa shape index (κ3) is 3.06. The molecule has 0 unspecified atom stereocenters. The molecule has 7 heteroatoms. The van der Waals surface area contributed by atoms with Gasteiger partial charge in [0.2, 0.25) is 0 Å². The van der Waals surface area contributed by atoms with Crippen LogP contribution in [0.1, 0.15) is 0 Å². The normalized spacial score (nSPS) is 10.5. The van der Waals surface area contributed by atoms with E-state index in [0.717, 1.165) is 0 Å². The highest BCUT2D eigenvalue weighted by atomic mass is 19.3. The number of hydrogen-bond donors (Lipinski definition) is 1. The second kappa shape index (κ2) is 5.47. The lowest BCUT2D eigenvalue weighted by Crippen LogP contribution is -2.06. The molecule has 0 bridgehead atoms. The Kier molecular flexibility index (Phi) is 3.74. The molecule has 0 saturated carbocycles. The quantitative estimate of drug-likeness (QED) is 0.921. The smallest absolute Gasteiger partial charge is 0.387 e. The fourth-order valence-corrected chi connectivity index (χ4v) is 1.55. The topological polar surface area (TPSA) is 64.2 Å². The third-order valence-electron chi connectivity index (χ3n) is 2.35. The maximum Gasteiger partial charge on any atom is 0.387 e. The summed E-state index contributed by atoms with van der Waals surface area (Å²) >= 11 is 0. The average Bonchev–Trinajstić information content (AvgIpc) is 2.39. The molecule has 2 rings (SSSR count). The van der Waals surface area contributed by atoms with E-state index in [4.69, 9.17) is 4.74 Å². The van der Waals surface area contributed by atoms with Crippen LogP contribution < -0.4 is 15.0 Å². The van der Waals surface area contributed by atoms with E-state index < -0.39 is 6.61 Å². The number of benzene rings is 1. The molecule has 1 aromatic carbocycles. The molecule has 0 aliphatic rings. The van der Waals surface area contributed by atoms with Gasteiger partial charge in [-0.3, -0.25) is 4.79 Å². The number of nitrogens with one attached hydrogen (secondary N) is 1. The van der Waals surface area contributed by atoms with Gasteiger partial charge in [0.25, 0.3) is 5.56 Å². The molecule has 0 spiro atoms. The van der Waals surface area contributed by atoms with Crippen LogP contribution in [0.3, 0.4) is 0 Å². The number of aromatic amines is 1. The molecular formula is C12H10F2N2O3. The summed E-state index contributed by atoms with van der Waals surface area (Å²) in [6.07, 6.45) is 0. The third-order valence-corrected chi connectivity index (χ3v) is 2.35. The average molecular weight is 268 g/mol. The molecule has 0 atom stereocenters. The molecule has 1 aromatic heterocycles. The standard InChI is InChI=1S/C12H10F2N2O3/c1-18-10-6-7(19-12(13)14)2-3-8(10)9-4-5-11(17)16-15-9/h2-6,12H,1H3,(H,16,17). The summed E-state index contributed by atoms with van der Waals surface area (Å²) < 4.78 is 33.6. The van der Waals surface area contributed by atoms with Crippen molar-refractivity contribution in [2.75, 3.05) is 7.11 Å². The number of rotatable bonds is 4. The van der Waals surface area contributed by atoms with Crippen LogP contribution in [0, 0.1) is 0 Å². The SMILES string of the molecule is COc1cc(OC(F)F)ccc1-c1ccc(=O)[nH]n1. The zero-order chi connectivity index (χ0) is 13.8. The Morgan fingerprint density at radius 1 is 1.26 bits per heavy atom. The van der Waals surface area contributed by atoms with Crippen molar-refractivity contribution in [1.29, 1.82) is 0 Å². The van der Waals surface area contributed by atoms with E-state index in [0.29, 0.717) is 17.0 Å². The van der Waals surface area contributed by atoms with E-state index >= 15 is 0 Å². The van der Waals surface area contributed by atoms with Gasteiger partial charge in [-0.15, -0.1) is 0 Å². The predicted octanol–water partition coefficient (Wildman–Crippen LogP) is 2.05. The number of hydrogen-bond acceptors (Lipinski definition) is 4. The van der Waals surface area contributed by atoms with Gasteiger partial charge >= 0.3 is 6.61 Å². The fraction of sp³-hybridized carbons (Fsp3) is 0.167. The summed E-state index contributed by atoms with van der Waals surface area (Å²) in [6.45, 7) is -2.90. The molecule has 100 valence electrons. The predicted molar refractivity (Wildman–Crippen MR) is 63.5 cm³/mol. The first-order valence-electron chi connectivity index (χ1n) is 5.29. The van der Waals surface area contributed by atoms with Gasteiger partial charge in [0.1, 0.15) is 11.5 Å². The van der Waals surface area contributed by atoms with Gasteiger partial charge in [0.15, 0.2) is 0 Å². The van der Waals surface area contributed by atoms with E-state index in [2.05, 4.69) is 14.9 Å². The zero-order valence-electron chi connectivity index (χ0n) is 9.89. The van der Waals surface area contributed by atoms with Gasteiger partial charge in [0, 0.05) is 17.7 Å². The van der Waals surface area contributed by atoms with Crippen molar-refractivity contribution in [1.82, 2.24) is 10.2 Å². The van der Waals surface area contributed by atoms with Gasteiger partial charge < -0.3 is 9.47 Å². The lowest BCUT2D eigenvalue weighted by atomic mass is 10.1. The van der Waals surface area contributed by atoms with Gasteiger partial charge in [-0.2, -0.15) is 13.9 Å². The Bertz CT molecular complexity index is 608. The molecule has 0 fully saturated rings.